The van der Waals surface area contributed by atoms with Crippen LogP contribution in [0.2, 0.25) is 0 Å². The smallest absolute Gasteiger partial charge is 0.295 e. The molecule has 2 aromatic carbocycles. The topological polar surface area (TPSA) is 89.4 Å². The van der Waals surface area contributed by atoms with Gasteiger partial charge in [0.25, 0.3) is 10.1 Å². The molecule has 0 unspecified atom stereocenters. The zero-order valence-electron chi connectivity index (χ0n) is 13.5. The highest BCUT2D eigenvalue weighted by atomic mass is 32.2. The Bertz CT molecular complexity index is 782. The van der Waals surface area contributed by atoms with Crippen LogP contribution in [0.4, 0.5) is 0 Å². The van der Waals surface area contributed by atoms with E-state index in [1.807, 2.05) is 44.2 Å². The summed E-state index contributed by atoms with van der Waals surface area (Å²) in [6, 6.07) is 9.91. The number of rotatable bonds is 3. The summed E-state index contributed by atoms with van der Waals surface area (Å²) in [5, 5.41) is 0. The highest BCUT2D eigenvalue weighted by molar-refractivity contribution is 7.86. The van der Waals surface area contributed by atoms with Gasteiger partial charge in [0, 0.05) is 0 Å². The summed E-state index contributed by atoms with van der Waals surface area (Å²) in [4.78, 5) is 0.0523. The molecule has 0 saturated heterocycles. The first-order chi connectivity index (χ1) is 9.73. The minimum atomic E-state index is -4.22. The lowest BCUT2D eigenvalue weighted by Crippen LogP contribution is -2.10. The maximum atomic E-state index is 11.7. The predicted octanol–water partition coefficient (Wildman–Crippen LogP) is 3.92. The van der Waals surface area contributed by atoms with Crippen molar-refractivity contribution in [2.75, 3.05) is 0 Å². The van der Waals surface area contributed by atoms with E-state index in [-0.39, 0.29) is 11.0 Å². The van der Waals surface area contributed by atoms with Gasteiger partial charge in [-0.25, -0.2) is 0 Å². The second kappa shape index (κ2) is 6.60. The quantitative estimate of drug-likeness (QED) is 0.838. The standard InChI is InChI=1S/C17H20O3S.H3N/c1-11-12(2)16(10-15-8-6-5-7-9-15)14(4)17(13(11)3)21(18,19)20;/h5-9H,10H2,1-4H3,(H,18,19,20);1H3. The van der Waals surface area contributed by atoms with Crippen molar-refractivity contribution in [1.82, 2.24) is 6.15 Å². The van der Waals surface area contributed by atoms with Crippen molar-refractivity contribution < 1.29 is 13.0 Å². The highest BCUT2D eigenvalue weighted by Gasteiger charge is 2.22. The number of hydrogen-bond acceptors (Lipinski definition) is 3. The maximum absolute atomic E-state index is 11.7. The molecule has 0 heterocycles. The molecule has 0 fully saturated rings. The molecule has 0 bridgehead atoms. The van der Waals surface area contributed by atoms with E-state index >= 15 is 0 Å². The van der Waals surface area contributed by atoms with Gasteiger partial charge >= 0.3 is 0 Å². The van der Waals surface area contributed by atoms with Gasteiger partial charge in [-0.1, -0.05) is 30.3 Å². The van der Waals surface area contributed by atoms with E-state index in [2.05, 4.69) is 0 Å². The summed E-state index contributed by atoms with van der Waals surface area (Å²) in [6.07, 6.45) is 0.655. The SMILES string of the molecule is Cc1c(C)c(Cc2ccccc2)c(C)c(S(=O)(=O)O)c1C.N. The summed E-state index contributed by atoms with van der Waals surface area (Å²) in [6.45, 7) is 7.40. The Hall–Kier alpha value is -1.69. The van der Waals surface area contributed by atoms with Gasteiger partial charge in [0.05, 0.1) is 0 Å². The van der Waals surface area contributed by atoms with E-state index in [0.29, 0.717) is 17.5 Å². The first-order valence-corrected chi connectivity index (χ1v) is 8.28. The van der Waals surface area contributed by atoms with Crippen LogP contribution < -0.4 is 6.15 Å². The Kier molecular flexibility index (Phi) is 5.51. The van der Waals surface area contributed by atoms with Crippen molar-refractivity contribution in [2.24, 2.45) is 0 Å². The van der Waals surface area contributed by atoms with Gasteiger partial charge in [-0.2, -0.15) is 8.42 Å². The van der Waals surface area contributed by atoms with Crippen molar-refractivity contribution in [1.29, 1.82) is 0 Å². The molecule has 2 rings (SSSR count). The van der Waals surface area contributed by atoms with Crippen molar-refractivity contribution >= 4 is 10.1 Å². The maximum Gasteiger partial charge on any atom is 0.295 e. The highest BCUT2D eigenvalue weighted by Crippen LogP contribution is 2.31. The van der Waals surface area contributed by atoms with Crippen LogP contribution in [-0.4, -0.2) is 13.0 Å². The van der Waals surface area contributed by atoms with Crippen LogP contribution in [0.15, 0.2) is 35.2 Å². The number of hydrogen-bond donors (Lipinski definition) is 2. The summed E-state index contributed by atoms with van der Waals surface area (Å²) < 4.78 is 32.9. The van der Waals surface area contributed by atoms with Crippen LogP contribution in [0, 0.1) is 27.7 Å². The third-order valence-corrected chi connectivity index (χ3v) is 5.32. The molecule has 0 saturated carbocycles. The molecule has 5 heteroatoms. The molecule has 2 aromatic rings. The predicted molar refractivity (Wildman–Crippen MR) is 89.5 cm³/mol. The molecule has 4 nitrogen and oxygen atoms in total. The second-order valence-electron chi connectivity index (χ2n) is 5.45. The van der Waals surface area contributed by atoms with Crippen LogP contribution in [0.25, 0.3) is 0 Å². The van der Waals surface area contributed by atoms with Gasteiger partial charge in [-0.05, 0) is 67.5 Å². The molecule has 0 amide bonds. The fourth-order valence-corrected chi connectivity index (χ4v) is 3.88. The zero-order chi connectivity index (χ0) is 15.8. The Labute approximate surface area is 132 Å². The Morgan fingerprint density at radius 3 is 1.91 bits per heavy atom. The van der Waals surface area contributed by atoms with Crippen molar-refractivity contribution in [3.05, 3.63) is 63.7 Å². The van der Waals surface area contributed by atoms with Crippen LogP contribution in [-0.2, 0) is 16.5 Å². The molecule has 0 radical (unpaired) electrons. The van der Waals surface area contributed by atoms with Gasteiger partial charge in [0.1, 0.15) is 4.90 Å². The van der Waals surface area contributed by atoms with Crippen LogP contribution >= 0.6 is 0 Å². The molecule has 4 N–H and O–H groups in total. The molecule has 0 atom stereocenters. The lowest BCUT2D eigenvalue weighted by Gasteiger charge is -2.19. The van der Waals surface area contributed by atoms with Gasteiger partial charge in [-0.3, -0.25) is 4.55 Å². The van der Waals surface area contributed by atoms with Crippen molar-refractivity contribution in [2.45, 2.75) is 39.0 Å². The van der Waals surface area contributed by atoms with Crippen LogP contribution in [0.1, 0.15) is 33.4 Å². The molecule has 0 spiro atoms. The van der Waals surface area contributed by atoms with E-state index in [0.717, 1.165) is 22.3 Å². The van der Waals surface area contributed by atoms with Crippen molar-refractivity contribution in [3.8, 4) is 0 Å². The molecule has 0 aliphatic heterocycles. The summed E-state index contributed by atoms with van der Waals surface area (Å²) in [7, 11) is -4.22. The minimum absolute atomic E-state index is 0. The first-order valence-electron chi connectivity index (χ1n) is 6.84. The van der Waals surface area contributed by atoms with E-state index in [9.17, 15) is 13.0 Å². The molecule has 120 valence electrons. The fraction of sp³-hybridized carbons (Fsp3) is 0.294. The number of benzene rings is 2. The van der Waals surface area contributed by atoms with E-state index in [4.69, 9.17) is 0 Å². The molecule has 22 heavy (non-hydrogen) atoms. The lowest BCUT2D eigenvalue weighted by atomic mass is 9.90. The van der Waals surface area contributed by atoms with E-state index in [1.54, 1.807) is 13.8 Å². The normalized spacial score (nSPS) is 11.1. The largest absolute Gasteiger partial charge is 0.344 e. The Morgan fingerprint density at radius 1 is 0.864 bits per heavy atom. The third-order valence-electron chi connectivity index (χ3n) is 4.19. The fourth-order valence-electron chi connectivity index (χ4n) is 2.83. The third kappa shape index (κ3) is 3.38. The second-order valence-corrected chi connectivity index (χ2v) is 6.80. The Morgan fingerprint density at radius 2 is 1.41 bits per heavy atom. The van der Waals surface area contributed by atoms with Crippen LogP contribution in [0.3, 0.4) is 0 Å². The zero-order valence-corrected chi connectivity index (χ0v) is 14.3. The van der Waals surface area contributed by atoms with Gasteiger partial charge in [-0.15, -0.1) is 0 Å². The molecular weight excluding hydrogens is 298 g/mol. The minimum Gasteiger partial charge on any atom is -0.344 e. The van der Waals surface area contributed by atoms with Gasteiger partial charge < -0.3 is 6.15 Å². The van der Waals surface area contributed by atoms with Crippen LogP contribution in [0.5, 0.6) is 0 Å². The molecule has 0 aliphatic carbocycles. The Balaban J connectivity index is 0.00000242. The summed E-state index contributed by atoms with van der Waals surface area (Å²) in [5.74, 6) is 0. The summed E-state index contributed by atoms with van der Waals surface area (Å²) >= 11 is 0. The average Bonchev–Trinajstić information content (AvgIpc) is 2.41. The average molecular weight is 321 g/mol. The molecule has 0 aromatic heterocycles. The van der Waals surface area contributed by atoms with Gasteiger partial charge in [0.15, 0.2) is 0 Å². The van der Waals surface area contributed by atoms with E-state index in [1.165, 1.54) is 0 Å². The molecular formula is C17H23NO3S. The van der Waals surface area contributed by atoms with Crippen molar-refractivity contribution in [3.63, 3.8) is 0 Å². The lowest BCUT2D eigenvalue weighted by molar-refractivity contribution is 0.481. The summed E-state index contributed by atoms with van der Waals surface area (Å²) in [5.41, 5.74) is 5.36. The first kappa shape index (κ1) is 18.4. The van der Waals surface area contributed by atoms with Gasteiger partial charge in [0.2, 0.25) is 0 Å². The molecule has 0 aliphatic rings. The van der Waals surface area contributed by atoms with E-state index < -0.39 is 10.1 Å². The monoisotopic (exact) mass is 321 g/mol.